The van der Waals surface area contributed by atoms with Gasteiger partial charge in [-0.3, -0.25) is 14.7 Å². The van der Waals surface area contributed by atoms with Crippen molar-refractivity contribution in [3.05, 3.63) is 34.0 Å². The van der Waals surface area contributed by atoms with E-state index in [2.05, 4.69) is 20.3 Å². The molecule has 1 N–H and O–H groups in total. The first-order valence-electron chi connectivity index (χ1n) is 6.31. The third-order valence-electron chi connectivity index (χ3n) is 2.87. The molecule has 8 nitrogen and oxygen atoms in total. The number of nitrogens with zero attached hydrogens (tertiary/aromatic N) is 5. The second-order valence-corrected chi connectivity index (χ2v) is 4.28. The Bertz CT molecular complexity index is 637. The molecular weight excluding hydrogens is 260 g/mol. The summed E-state index contributed by atoms with van der Waals surface area (Å²) in [6.45, 7) is 3.62. The molecule has 0 amide bonds. The van der Waals surface area contributed by atoms with Crippen LogP contribution in [0.25, 0.3) is 5.82 Å². The Morgan fingerprint density at radius 3 is 2.80 bits per heavy atom. The number of anilines is 1. The standard InChI is InChI=1S/C12H16N6O2/c1-4-5-9-14-6-7-17(9)11-10(18(19)20)8(2)15-12(13-3)16-11/h6-7H,4-5H2,1-3H3,(H,13,15,16). The van der Waals surface area contributed by atoms with Crippen molar-refractivity contribution >= 4 is 11.6 Å². The molecule has 106 valence electrons. The predicted octanol–water partition coefficient (Wildman–Crippen LogP) is 1.87. The van der Waals surface area contributed by atoms with Gasteiger partial charge in [0.1, 0.15) is 11.5 Å². The van der Waals surface area contributed by atoms with E-state index in [9.17, 15) is 10.1 Å². The first-order valence-corrected chi connectivity index (χ1v) is 6.31. The van der Waals surface area contributed by atoms with E-state index in [-0.39, 0.29) is 11.5 Å². The highest BCUT2D eigenvalue weighted by atomic mass is 16.6. The van der Waals surface area contributed by atoms with Crippen LogP contribution in [0.15, 0.2) is 12.4 Å². The van der Waals surface area contributed by atoms with E-state index in [0.29, 0.717) is 11.6 Å². The summed E-state index contributed by atoms with van der Waals surface area (Å²) >= 11 is 0. The zero-order chi connectivity index (χ0) is 14.7. The predicted molar refractivity (Wildman–Crippen MR) is 74.1 cm³/mol. The van der Waals surface area contributed by atoms with Crippen LogP contribution in [-0.4, -0.2) is 31.5 Å². The molecule has 0 saturated carbocycles. The molecule has 2 aromatic heterocycles. The highest BCUT2D eigenvalue weighted by Gasteiger charge is 2.24. The molecule has 0 aliphatic rings. The van der Waals surface area contributed by atoms with Gasteiger partial charge in [0.25, 0.3) is 0 Å². The maximum atomic E-state index is 11.3. The van der Waals surface area contributed by atoms with Gasteiger partial charge >= 0.3 is 5.69 Å². The van der Waals surface area contributed by atoms with Gasteiger partial charge in [0.2, 0.25) is 11.8 Å². The molecule has 2 rings (SSSR count). The third-order valence-corrected chi connectivity index (χ3v) is 2.87. The van der Waals surface area contributed by atoms with Crippen molar-refractivity contribution in [1.82, 2.24) is 19.5 Å². The van der Waals surface area contributed by atoms with E-state index in [4.69, 9.17) is 0 Å². The van der Waals surface area contributed by atoms with Gasteiger partial charge in [0.15, 0.2) is 0 Å². The second-order valence-electron chi connectivity index (χ2n) is 4.28. The molecule has 0 spiro atoms. The van der Waals surface area contributed by atoms with Gasteiger partial charge in [-0.05, 0) is 13.3 Å². The van der Waals surface area contributed by atoms with Crippen LogP contribution in [0.2, 0.25) is 0 Å². The van der Waals surface area contributed by atoms with Crippen LogP contribution in [0.3, 0.4) is 0 Å². The summed E-state index contributed by atoms with van der Waals surface area (Å²) in [5.74, 6) is 1.34. The molecule has 0 aliphatic carbocycles. The summed E-state index contributed by atoms with van der Waals surface area (Å²) in [5.41, 5.74) is 0.222. The molecular formula is C12H16N6O2. The topological polar surface area (TPSA) is 98.8 Å². The average molecular weight is 276 g/mol. The van der Waals surface area contributed by atoms with Crippen LogP contribution in [-0.2, 0) is 6.42 Å². The summed E-state index contributed by atoms with van der Waals surface area (Å²) in [6.07, 6.45) is 4.92. The van der Waals surface area contributed by atoms with Crippen molar-refractivity contribution in [2.45, 2.75) is 26.7 Å². The number of imidazole rings is 1. The Morgan fingerprint density at radius 2 is 2.20 bits per heavy atom. The van der Waals surface area contributed by atoms with Crippen molar-refractivity contribution in [1.29, 1.82) is 0 Å². The van der Waals surface area contributed by atoms with Gasteiger partial charge in [0.05, 0.1) is 4.92 Å². The number of nitrogens with one attached hydrogen (secondary N) is 1. The van der Waals surface area contributed by atoms with E-state index in [1.54, 1.807) is 30.9 Å². The molecule has 0 unspecified atom stereocenters. The molecule has 0 atom stereocenters. The smallest absolute Gasteiger partial charge is 0.333 e. The van der Waals surface area contributed by atoms with E-state index in [1.807, 2.05) is 6.92 Å². The van der Waals surface area contributed by atoms with Crippen LogP contribution < -0.4 is 5.32 Å². The highest BCUT2D eigenvalue weighted by Crippen LogP contribution is 2.26. The van der Waals surface area contributed by atoms with Crippen molar-refractivity contribution in [2.75, 3.05) is 12.4 Å². The molecule has 0 saturated heterocycles. The SMILES string of the molecule is CCCc1nccn1-c1nc(NC)nc(C)c1[N+](=O)[O-]. The molecule has 2 aromatic rings. The summed E-state index contributed by atoms with van der Waals surface area (Å²) in [5, 5.41) is 14.1. The zero-order valence-corrected chi connectivity index (χ0v) is 11.6. The largest absolute Gasteiger partial charge is 0.357 e. The van der Waals surface area contributed by atoms with E-state index in [0.717, 1.165) is 18.7 Å². The maximum absolute atomic E-state index is 11.3. The Balaban J connectivity index is 2.67. The lowest BCUT2D eigenvalue weighted by atomic mass is 10.3. The minimum absolute atomic E-state index is 0.0978. The summed E-state index contributed by atoms with van der Waals surface area (Å²) < 4.78 is 1.65. The van der Waals surface area contributed by atoms with Gasteiger partial charge in [-0.1, -0.05) is 6.92 Å². The fourth-order valence-electron chi connectivity index (χ4n) is 1.98. The molecule has 0 aromatic carbocycles. The minimum Gasteiger partial charge on any atom is -0.357 e. The first kappa shape index (κ1) is 13.9. The molecule has 2 heterocycles. The van der Waals surface area contributed by atoms with Crippen LogP contribution >= 0.6 is 0 Å². The molecule has 8 heteroatoms. The van der Waals surface area contributed by atoms with Crippen molar-refractivity contribution in [3.63, 3.8) is 0 Å². The first-order chi connectivity index (χ1) is 9.58. The normalized spacial score (nSPS) is 10.6. The summed E-state index contributed by atoms with van der Waals surface area (Å²) in [6, 6.07) is 0. The third kappa shape index (κ3) is 2.44. The molecule has 0 fully saturated rings. The number of hydrogen-bond donors (Lipinski definition) is 1. The van der Waals surface area contributed by atoms with Gasteiger partial charge < -0.3 is 5.32 Å². The van der Waals surface area contributed by atoms with Gasteiger partial charge in [-0.25, -0.2) is 9.97 Å². The maximum Gasteiger partial charge on any atom is 0.333 e. The Hall–Kier alpha value is -2.51. The number of nitro groups is 1. The Morgan fingerprint density at radius 1 is 1.45 bits per heavy atom. The van der Waals surface area contributed by atoms with E-state index in [1.165, 1.54) is 0 Å². The number of rotatable bonds is 5. The lowest BCUT2D eigenvalue weighted by Crippen LogP contribution is -2.11. The number of hydrogen-bond acceptors (Lipinski definition) is 6. The van der Waals surface area contributed by atoms with Crippen LogP contribution in [0.4, 0.5) is 11.6 Å². The Kier molecular flexibility index (Phi) is 3.92. The molecule has 0 bridgehead atoms. The monoisotopic (exact) mass is 276 g/mol. The van der Waals surface area contributed by atoms with Gasteiger partial charge in [0, 0.05) is 25.9 Å². The van der Waals surface area contributed by atoms with Crippen molar-refractivity contribution in [2.24, 2.45) is 0 Å². The van der Waals surface area contributed by atoms with E-state index >= 15 is 0 Å². The summed E-state index contributed by atoms with van der Waals surface area (Å²) in [4.78, 5) is 23.3. The van der Waals surface area contributed by atoms with Crippen LogP contribution in [0.1, 0.15) is 24.9 Å². The lowest BCUT2D eigenvalue weighted by molar-refractivity contribution is -0.385. The number of aromatic nitrogens is 4. The lowest BCUT2D eigenvalue weighted by Gasteiger charge is -2.10. The van der Waals surface area contributed by atoms with Gasteiger partial charge in [-0.15, -0.1) is 0 Å². The minimum atomic E-state index is -0.458. The van der Waals surface area contributed by atoms with E-state index < -0.39 is 4.92 Å². The fraction of sp³-hybridized carbons (Fsp3) is 0.417. The quantitative estimate of drug-likeness (QED) is 0.661. The molecule has 0 radical (unpaired) electrons. The van der Waals surface area contributed by atoms with Crippen LogP contribution in [0, 0.1) is 17.0 Å². The Labute approximate surface area is 116 Å². The fourth-order valence-corrected chi connectivity index (χ4v) is 1.98. The number of aryl methyl sites for hydroxylation is 2. The van der Waals surface area contributed by atoms with Crippen molar-refractivity contribution < 1.29 is 4.92 Å². The second kappa shape index (κ2) is 5.64. The zero-order valence-electron chi connectivity index (χ0n) is 11.6. The van der Waals surface area contributed by atoms with Crippen molar-refractivity contribution in [3.8, 4) is 5.82 Å². The highest BCUT2D eigenvalue weighted by molar-refractivity contribution is 5.53. The van der Waals surface area contributed by atoms with Crippen LogP contribution in [0.5, 0.6) is 0 Å². The molecule has 20 heavy (non-hydrogen) atoms. The van der Waals surface area contributed by atoms with Gasteiger partial charge in [-0.2, -0.15) is 4.98 Å². The summed E-state index contributed by atoms with van der Waals surface area (Å²) in [7, 11) is 1.67. The molecule has 0 aliphatic heterocycles. The average Bonchev–Trinajstić information content (AvgIpc) is 2.85.